The van der Waals surface area contributed by atoms with Gasteiger partial charge < -0.3 is 9.04 Å². The zero-order valence-corrected chi connectivity index (χ0v) is 38.3. The van der Waals surface area contributed by atoms with Crippen molar-refractivity contribution >= 4 is 10.1 Å². The van der Waals surface area contributed by atoms with E-state index in [1.54, 1.807) is 0 Å². The lowest BCUT2D eigenvalue weighted by Crippen LogP contribution is -2.50. The Balaban J connectivity index is 0. The summed E-state index contributed by atoms with van der Waals surface area (Å²) in [5, 5.41) is 0. The van der Waals surface area contributed by atoms with E-state index >= 15 is 0 Å². The molecule has 53 heavy (non-hydrogen) atoms. The second kappa shape index (κ2) is 44.6. The van der Waals surface area contributed by atoms with Gasteiger partial charge in [-0.3, -0.25) is 0 Å². The van der Waals surface area contributed by atoms with Gasteiger partial charge in [-0.2, -0.15) is 0 Å². The number of hydrogen-bond acceptors (Lipinski definition) is 3. The fourth-order valence-corrected chi connectivity index (χ4v) is 8.61. The number of unbranched alkanes of at least 4 members (excludes halogenated alkanes) is 33. The standard InChI is InChI=1S/C32H68N.C16H34O3S/c1-5-9-13-17-21-25-29-33(30-26-22-18-14-10-6-2,31-27-23-19-15-11-7-3)32-28-24-20-16-12-8-4;1-2-3-4-5-6-7-8-9-10-11-12-13-14-15-16-20(17,18)19/h5-32H2,1-4H3;2-16H2,1H3,(H,17,18,19)/q+1;/p-1. The number of quaternary nitrogens is 1. The average Bonchev–Trinajstić information content (AvgIpc) is 3.14. The quantitative estimate of drug-likeness (QED) is 0.0352. The summed E-state index contributed by atoms with van der Waals surface area (Å²) in [6, 6.07) is 0. The molecule has 0 aliphatic heterocycles. The fraction of sp³-hybridized carbons (Fsp3) is 1.00. The molecule has 0 unspecified atom stereocenters. The summed E-state index contributed by atoms with van der Waals surface area (Å²) in [5.74, 6) is -0.189. The molecular weight excluding hydrogens is 671 g/mol. The van der Waals surface area contributed by atoms with Crippen molar-refractivity contribution in [2.45, 2.75) is 279 Å². The third-order valence-corrected chi connectivity index (χ3v) is 12.5. The number of hydrogen-bond donors (Lipinski definition) is 0. The van der Waals surface area contributed by atoms with Gasteiger partial charge in [-0.05, 0) is 57.8 Å². The molecule has 4 nitrogen and oxygen atoms in total. The summed E-state index contributed by atoms with van der Waals surface area (Å²) in [5.41, 5.74) is 0. The second-order valence-corrected chi connectivity index (χ2v) is 18.7. The van der Waals surface area contributed by atoms with E-state index in [0.717, 1.165) is 12.8 Å². The maximum absolute atomic E-state index is 10.4. The fourth-order valence-electron chi connectivity index (χ4n) is 8.05. The SMILES string of the molecule is CCCCCCCCCCCCCCCCS(=O)(=O)[O-].CCCCCCCC[N+](CCCCCCCC)(CCCCCCCC)CCCCCCCC. The third kappa shape index (κ3) is 46.2. The summed E-state index contributed by atoms with van der Waals surface area (Å²) in [4.78, 5) is 0. The molecule has 0 spiro atoms. The van der Waals surface area contributed by atoms with Crippen LogP contribution in [0.2, 0.25) is 0 Å². The van der Waals surface area contributed by atoms with Crippen molar-refractivity contribution < 1.29 is 17.5 Å². The topological polar surface area (TPSA) is 57.2 Å². The molecule has 0 atom stereocenters. The Hall–Kier alpha value is -0.130. The van der Waals surface area contributed by atoms with Gasteiger partial charge in [0.25, 0.3) is 0 Å². The average molecular weight is 772 g/mol. The summed E-state index contributed by atoms with van der Waals surface area (Å²) in [7, 11) is -3.99. The predicted octanol–water partition coefficient (Wildman–Crippen LogP) is 16.3. The highest BCUT2D eigenvalue weighted by molar-refractivity contribution is 7.85. The van der Waals surface area contributed by atoms with Crippen LogP contribution in [0.3, 0.4) is 0 Å². The van der Waals surface area contributed by atoms with Crippen LogP contribution in [0.1, 0.15) is 279 Å². The van der Waals surface area contributed by atoms with Crippen molar-refractivity contribution in [3.8, 4) is 0 Å². The van der Waals surface area contributed by atoms with E-state index in [-0.39, 0.29) is 5.75 Å². The Kier molecular flexibility index (Phi) is 46.2. The molecule has 0 radical (unpaired) electrons. The lowest BCUT2D eigenvalue weighted by Gasteiger charge is -2.40. The first-order chi connectivity index (χ1) is 25.8. The molecule has 322 valence electrons. The molecule has 0 aromatic heterocycles. The highest BCUT2D eigenvalue weighted by Gasteiger charge is 2.25. The van der Waals surface area contributed by atoms with Gasteiger partial charge in [0, 0.05) is 5.75 Å². The van der Waals surface area contributed by atoms with E-state index in [9.17, 15) is 13.0 Å². The molecule has 0 bridgehead atoms. The summed E-state index contributed by atoms with van der Waals surface area (Å²) < 4.78 is 32.7. The molecule has 0 aromatic rings. The molecule has 5 heteroatoms. The second-order valence-electron chi connectivity index (χ2n) is 17.2. The summed E-state index contributed by atoms with van der Waals surface area (Å²) >= 11 is 0. The summed E-state index contributed by atoms with van der Waals surface area (Å²) in [6.07, 6.45) is 51.9. The minimum atomic E-state index is -3.99. The van der Waals surface area contributed by atoms with Crippen LogP contribution in [0.5, 0.6) is 0 Å². The Morgan fingerprint density at radius 3 is 0.642 bits per heavy atom. The molecule has 0 aromatic carbocycles. The maximum atomic E-state index is 10.4. The molecule has 0 amide bonds. The van der Waals surface area contributed by atoms with Crippen LogP contribution in [-0.4, -0.2) is 49.4 Å². The highest BCUT2D eigenvalue weighted by atomic mass is 32.2. The summed E-state index contributed by atoms with van der Waals surface area (Å²) in [6.45, 7) is 17.5. The predicted molar refractivity (Wildman–Crippen MR) is 238 cm³/mol. The zero-order valence-electron chi connectivity index (χ0n) is 37.5. The molecular formula is C48H101NO3S. The van der Waals surface area contributed by atoms with Crippen molar-refractivity contribution in [3.05, 3.63) is 0 Å². The lowest BCUT2D eigenvalue weighted by atomic mass is 10.0. The van der Waals surface area contributed by atoms with Crippen LogP contribution < -0.4 is 0 Å². The third-order valence-electron chi connectivity index (χ3n) is 11.7. The minimum Gasteiger partial charge on any atom is -0.748 e. The van der Waals surface area contributed by atoms with E-state index in [0.29, 0.717) is 6.42 Å². The smallest absolute Gasteiger partial charge is 0.0945 e. The van der Waals surface area contributed by atoms with Gasteiger partial charge in [-0.1, -0.05) is 221 Å². The van der Waals surface area contributed by atoms with Crippen molar-refractivity contribution in [1.82, 2.24) is 0 Å². The van der Waals surface area contributed by atoms with Crippen molar-refractivity contribution in [1.29, 1.82) is 0 Å². The molecule has 0 N–H and O–H groups in total. The normalized spacial score (nSPS) is 12.0. The van der Waals surface area contributed by atoms with Crippen LogP contribution in [0.15, 0.2) is 0 Å². The Bertz CT molecular complexity index is 701. The molecule has 0 aliphatic rings. The monoisotopic (exact) mass is 772 g/mol. The molecule has 0 saturated carbocycles. The van der Waals surface area contributed by atoms with Gasteiger partial charge in [-0.15, -0.1) is 0 Å². The van der Waals surface area contributed by atoms with E-state index in [1.165, 1.54) is 255 Å². The van der Waals surface area contributed by atoms with Crippen molar-refractivity contribution in [2.24, 2.45) is 0 Å². The lowest BCUT2D eigenvalue weighted by molar-refractivity contribution is -0.929. The molecule has 0 heterocycles. The van der Waals surface area contributed by atoms with Crippen LogP contribution in [-0.2, 0) is 10.1 Å². The van der Waals surface area contributed by atoms with Crippen LogP contribution in [0.25, 0.3) is 0 Å². The maximum Gasteiger partial charge on any atom is 0.0945 e. The van der Waals surface area contributed by atoms with Gasteiger partial charge in [0.15, 0.2) is 0 Å². The molecule has 0 rings (SSSR count). The van der Waals surface area contributed by atoms with Gasteiger partial charge in [0.2, 0.25) is 0 Å². The molecule has 0 aliphatic carbocycles. The minimum absolute atomic E-state index is 0.189. The first-order valence-corrected chi connectivity index (χ1v) is 26.2. The van der Waals surface area contributed by atoms with Crippen LogP contribution >= 0.6 is 0 Å². The Labute approximate surface area is 336 Å². The van der Waals surface area contributed by atoms with E-state index < -0.39 is 10.1 Å². The largest absolute Gasteiger partial charge is 0.748 e. The van der Waals surface area contributed by atoms with Crippen LogP contribution in [0, 0.1) is 0 Å². The number of rotatable bonds is 43. The van der Waals surface area contributed by atoms with Crippen LogP contribution in [0.4, 0.5) is 0 Å². The van der Waals surface area contributed by atoms with E-state index in [4.69, 9.17) is 0 Å². The van der Waals surface area contributed by atoms with Gasteiger partial charge >= 0.3 is 0 Å². The first-order valence-electron chi connectivity index (χ1n) is 24.6. The molecule has 0 fully saturated rings. The Morgan fingerprint density at radius 1 is 0.283 bits per heavy atom. The zero-order chi connectivity index (χ0) is 39.4. The first kappa shape index (κ1) is 55.0. The van der Waals surface area contributed by atoms with E-state index in [1.807, 2.05) is 0 Å². The highest BCUT2D eigenvalue weighted by Crippen LogP contribution is 2.21. The Morgan fingerprint density at radius 2 is 0.453 bits per heavy atom. The van der Waals surface area contributed by atoms with Gasteiger partial charge in [0.05, 0.1) is 36.3 Å². The number of nitrogens with zero attached hydrogens (tertiary/aromatic N) is 1. The van der Waals surface area contributed by atoms with Crippen molar-refractivity contribution in [2.75, 3.05) is 31.9 Å². The van der Waals surface area contributed by atoms with Crippen molar-refractivity contribution in [3.63, 3.8) is 0 Å². The molecule has 0 saturated heterocycles. The van der Waals surface area contributed by atoms with E-state index in [2.05, 4.69) is 34.6 Å². The van der Waals surface area contributed by atoms with Gasteiger partial charge in [0.1, 0.15) is 0 Å². The van der Waals surface area contributed by atoms with Gasteiger partial charge in [-0.25, -0.2) is 8.42 Å².